The van der Waals surface area contributed by atoms with E-state index < -0.39 is 23.3 Å². The Morgan fingerprint density at radius 2 is 1.69 bits per heavy atom. The Morgan fingerprint density at radius 3 is 2.33 bits per heavy atom. The average Bonchev–Trinajstić information content (AvgIpc) is 3.50. The molecule has 0 atom stereocenters. The monoisotopic (exact) mass is 615 g/mol. The zero-order valence-electron chi connectivity index (χ0n) is 25.3. The summed E-state index contributed by atoms with van der Waals surface area (Å²) in [6.07, 6.45) is -0.913. The highest BCUT2D eigenvalue weighted by Gasteiger charge is 2.35. The van der Waals surface area contributed by atoms with E-state index in [1.165, 1.54) is 11.0 Å². The maximum Gasteiger partial charge on any atom is 0.449 e. The second kappa shape index (κ2) is 12.2. The molecule has 0 saturated heterocycles. The summed E-state index contributed by atoms with van der Waals surface area (Å²) in [6, 6.07) is 18.5. The van der Waals surface area contributed by atoms with E-state index in [0.29, 0.717) is 34.0 Å². The highest BCUT2D eigenvalue weighted by atomic mass is 19.4. The number of aryl methyl sites for hydroxylation is 1. The van der Waals surface area contributed by atoms with Crippen LogP contribution in [-0.2, 0) is 35.9 Å². The Hall–Kier alpha value is -4.99. The number of rotatable bonds is 9. The topological polar surface area (TPSA) is 96.5 Å². The maximum absolute atomic E-state index is 14.3. The Balaban J connectivity index is 1.51. The van der Waals surface area contributed by atoms with Crippen molar-refractivity contribution in [3.8, 4) is 11.1 Å². The van der Waals surface area contributed by atoms with Crippen molar-refractivity contribution in [3.05, 3.63) is 119 Å². The number of fused-ring (bicyclic) bond motifs is 1. The first kappa shape index (κ1) is 31.4. The molecule has 5 aromatic rings. The molecule has 10 heteroatoms. The van der Waals surface area contributed by atoms with Gasteiger partial charge in [0.1, 0.15) is 5.76 Å². The van der Waals surface area contributed by atoms with E-state index in [-0.39, 0.29) is 24.8 Å². The number of hydrogen-bond acceptors (Lipinski definition) is 5. The predicted octanol–water partition coefficient (Wildman–Crippen LogP) is 7.98. The molecule has 0 aliphatic heterocycles. The Bertz CT molecular complexity index is 1880. The number of carboxylic acids is 1. The van der Waals surface area contributed by atoms with Gasteiger partial charge in [0, 0.05) is 23.8 Å². The first-order chi connectivity index (χ1) is 21.3. The first-order valence-corrected chi connectivity index (χ1v) is 14.4. The second-order valence-corrected chi connectivity index (χ2v) is 11.4. The molecule has 0 aliphatic rings. The lowest BCUT2D eigenvalue weighted by Gasteiger charge is -2.24. The number of hydrogen-bond donors (Lipinski definition) is 1. The lowest BCUT2D eigenvalue weighted by atomic mass is 9.83. The number of benzene rings is 2. The zero-order chi connectivity index (χ0) is 32.5. The molecule has 3 aromatic heterocycles. The van der Waals surface area contributed by atoms with Crippen molar-refractivity contribution in [2.45, 2.75) is 58.8 Å². The summed E-state index contributed by atoms with van der Waals surface area (Å²) in [4.78, 5) is 36.3. The van der Waals surface area contributed by atoms with Gasteiger partial charge in [0.25, 0.3) is 5.91 Å². The summed E-state index contributed by atoms with van der Waals surface area (Å²) in [5.74, 6) is -2.44. The Labute approximate surface area is 258 Å². The fraction of sp³-hybridized carbons (Fsp3) is 0.257. The first-order valence-electron chi connectivity index (χ1n) is 14.4. The van der Waals surface area contributed by atoms with Crippen molar-refractivity contribution < 1.29 is 32.3 Å². The normalized spacial score (nSPS) is 12.0. The minimum absolute atomic E-state index is 0.00134. The number of carbonyl (C=O) groups excluding carboxylic acids is 1. The van der Waals surface area contributed by atoms with Crippen LogP contribution < -0.4 is 0 Å². The van der Waals surface area contributed by atoms with E-state index in [0.717, 1.165) is 28.5 Å². The van der Waals surface area contributed by atoms with Crippen LogP contribution in [0.25, 0.3) is 22.0 Å². The Kier molecular flexibility index (Phi) is 8.51. The standard InChI is InChI=1S/C35H32F3N3O4/c1-5-28-21(2)31(27-15-16-39-18-29(27)40-28)32(42)41(20-26-13-14-30(45-26)35(36,37)38)19-22-9-11-23(12-10-22)24-7-6-8-25(17-24)34(3,4)33(43)44/h6-18H,5,19-20H2,1-4H3,(H,43,44). The molecule has 5 rings (SSSR count). The van der Waals surface area contributed by atoms with Gasteiger partial charge in [-0.05, 0) is 73.2 Å². The highest BCUT2D eigenvalue weighted by Crippen LogP contribution is 2.33. The summed E-state index contributed by atoms with van der Waals surface area (Å²) in [7, 11) is 0. The molecule has 1 amide bonds. The molecular formula is C35H32F3N3O4. The van der Waals surface area contributed by atoms with Gasteiger partial charge < -0.3 is 14.4 Å². The molecule has 1 N–H and O–H groups in total. The smallest absolute Gasteiger partial charge is 0.449 e. The van der Waals surface area contributed by atoms with Crippen LogP contribution in [0.4, 0.5) is 13.2 Å². The molecule has 7 nitrogen and oxygen atoms in total. The molecule has 232 valence electrons. The molecule has 0 radical (unpaired) electrons. The largest absolute Gasteiger partial charge is 0.481 e. The third-order valence-corrected chi connectivity index (χ3v) is 8.04. The van der Waals surface area contributed by atoms with Crippen molar-refractivity contribution in [3.63, 3.8) is 0 Å². The van der Waals surface area contributed by atoms with Crippen molar-refractivity contribution >= 4 is 22.8 Å². The van der Waals surface area contributed by atoms with Gasteiger partial charge >= 0.3 is 12.1 Å². The van der Waals surface area contributed by atoms with Crippen LogP contribution in [0.3, 0.4) is 0 Å². The Morgan fingerprint density at radius 1 is 0.956 bits per heavy atom. The number of carbonyl (C=O) groups is 2. The van der Waals surface area contributed by atoms with Crippen LogP contribution >= 0.6 is 0 Å². The quantitative estimate of drug-likeness (QED) is 0.181. The summed E-state index contributed by atoms with van der Waals surface area (Å²) >= 11 is 0. The number of pyridine rings is 2. The number of amides is 1. The number of nitrogens with zero attached hydrogens (tertiary/aromatic N) is 3. The van der Waals surface area contributed by atoms with Crippen molar-refractivity contribution in [2.75, 3.05) is 0 Å². The van der Waals surface area contributed by atoms with E-state index in [1.807, 2.05) is 56.3 Å². The van der Waals surface area contributed by atoms with Crippen LogP contribution in [0, 0.1) is 6.92 Å². The van der Waals surface area contributed by atoms with Gasteiger partial charge in [-0.25, -0.2) is 0 Å². The van der Waals surface area contributed by atoms with Gasteiger partial charge in [-0.2, -0.15) is 13.2 Å². The summed E-state index contributed by atoms with van der Waals surface area (Å²) in [5.41, 5.74) is 4.39. The lowest BCUT2D eigenvalue weighted by molar-refractivity contribution is -0.153. The van der Waals surface area contributed by atoms with E-state index in [4.69, 9.17) is 4.42 Å². The zero-order valence-corrected chi connectivity index (χ0v) is 25.3. The van der Waals surface area contributed by atoms with Crippen LogP contribution in [0.2, 0.25) is 0 Å². The van der Waals surface area contributed by atoms with Crippen molar-refractivity contribution in [1.29, 1.82) is 0 Å². The average molecular weight is 616 g/mol. The van der Waals surface area contributed by atoms with Gasteiger partial charge in [-0.15, -0.1) is 0 Å². The molecule has 45 heavy (non-hydrogen) atoms. The van der Waals surface area contributed by atoms with Crippen LogP contribution in [-0.4, -0.2) is 31.9 Å². The highest BCUT2D eigenvalue weighted by molar-refractivity contribution is 6.07. The fourth-order valence-electron chi connectivity index (χ4n) is 5.28. The van der Waals surface area contributed by atoms with E-state index in [1.54, 1.807) is 38.4 Å². The molecule has 0 bridgehead atoms. The van der Waals surface area contributed by atoms with Crippen molar-refractivity contribution in [1.82, 2.24) is 14.9 Å². The van der Waals surface area contributed by atoms with Gasteiger partial charge in [0.05, 0.1) is 29.2 Å². The van der Waals surface area contributed by atoms with E-state index in [2.05, 4.69) is 9.97 Å². The minimum Gasteiger partial charge on any atom is -0.481 e. The fourth-order valence-corrected chi connectivity index (χ4v) is 5.28. The second-order valence-electron chi connectivity index (χ2n) is 11.4. The van der Waals surface area contributed by atoms with Gasteiger partial charge in [-0.1, -0.05) is 55.5 Å². The number of alkyl halides is 3. The molecule has 0 fully saturated rings. The molecule has 0 spiro atoms. The number of aromatic nitrogens is 2. The number of halogens is 3. The number of carboxylic acid groups (broad SMARTS) is 1. The summed E-state index contributed by atoms with van der Waals surface area (Å²) < 4.78 is 45.0. The van der Waals surface area contributed by atoms with Crippen molar-refractivity contribution in [2.24, 2.45) is 0 Å². The summed E-state index contributed by atoms with van der Waals surface area (Å²) in [6.45, 7) is 6.94. The molecule has 0 unspecified atom stereocenters. The molecular weight excluding hydrogens is 583 g/mol. The number of aliphatic carboxylic acids is 1. The third-order valence-electron chi connectivity index (χ3n) is 8.04. The minimum atomic E-state index is -4.65. The van der Waals surface area contributed by atoms with Gasteiger partial charge in [0.2, 0.25) is 5.76 Å². The molecule has 2 aromatic carbocycles. The predicted molar refractivity (Wildman–Crippen MR) is 163 cm³/mol. The molecule has 0 aliphatic carbocycles. The molecule has 3 heterocycles. The third kappa shape index (κ3) is 6.45. The summed E-state index contributed by atoms with van der Waals surface area (Å²) in [5, 5.41) is 10.3. The maximum atomic E-state index is 14.3. The van der Waals surface area contributed by atoms with Crippen LogP contribution in [0.15, 0.2) is 83.5 Å². The van der Waals surface area contributed by atoms with Crippen LogP contribution in [0.5, 0.6) is 0 Å². The van der Waals surface area contributed by atoms with Gasteiger partial charge in [-0.3, -0.25) is 19.6 Å². The number of furan rings is 1. The van der Waals surface area contributed by atoms with Gasteiger partial charge in [0.15, 0.2) is 0 Å². The van der Waals surface area contributed by atoms with E-state index >= 15 is 0 Å². The van der Waals surface area contributed by atoms with Crippen LogP contribution in [0.1, 0.15) is 65.0 Å². The molecule has 0 saturated carbocycles. The lowest BCUT2D eigenvalue weighted by Crippen LogP contribution is -2.31. The SMILES string of the molecule is CCc1nc2cnccc2c(C(=O)N(Cc2ccc(-c3cccc(C(C)(C)C(=O)O)c3)cc2)Cc2ccc(C(F)(F)F)o2)c1C. The van der Waals surface area contributed by atoms with E-state index in [9.17, 15) is 27.9 Å².